The Morgan fingerprint density at radius 3 is 2.67 bits per heavy atom. The number of aliphatic hydroxyl groups is 1. The molecule has 0 radical (unpaired) electrons. The van der Waals surface area contributed by atoms with Crippen LogP contribution in [0.2, 0.25) is 5.02 Å². The summed E-state index contributed by atoms with van der Waals surface area (Å²) in [5.74, 6) is -1.10. The Morgan fingerprint density at radius 2 is 1.93 bits per heavy atom. The predicted molar refractivity (Wildman–Crippen MR) is 111 cm³/mol. The molecular weight excluding hydrogens is 411 g/mol. The van der Waals surface area contributed by atoms with Crippen molar-refractivity contribution < 1.29 is 14.3 Å². The average Bonchev–Trinajstić information content (AvgIpc) is 3.13. The molecule has 1 amide bonds. The van der Waals surface area contributed by atoms with Crippen molar-refractivity contribution in [1.29, 1.82) is 0 Å². The second-order valence-corrected chi connectivity index (χ2v) is 6.96. The number of fused-ring (bicyclic) bond motifs is 1. The molecule has 2 aromatic heterocycles. The number of rotatable bonds is 5. The summed E-state index contributed by atoms with van der Waals surface area (Å²) in [6.07, 6.45) is 2.95. The number of carbonyl (C=O) groups excluding carboxylic acids is 1. The van der Waals surface area contributed by atoms with Crippen molar-refractivity contribution in [2.45, 2.75) is 13.2 Å². The molecule has 0 aliphatic rings. The van der Waals surface area contributed by atoms with Gasteiger partial charge in [0.15, 0.2) is 0 Å². The summed E-state index contributed by atoms with van der Waals surface area (Å²) in [7, 11) is 0. The van der Waals surface area contributed by atoms with E-state index >= 15 is 0 Å². The van der Waals surface area contributed by atoms with Crippen molar-refractivity contribution >= 4 is 28.7 Å². The number of hydrogen-bond donors (Lipinski definition) is 2. The van der Waals surface area contributed by atoms with E-state index in [2.05, 4.69) is 10.4 Å². The molecule has 2 N–H and O–H groups in total. The van der Waals surface area contributed by atoms with E-state index in [9.17, 15) is 19.1 Å². The monoisotopic (exact) mass is 426 g/mol. The maximum Gasteiger partial charge on any atom is 0.277 e. The fourth-order valence-corrected chi connectivity index (χ4v) is 3.36. The third-order valence-electron chi connectivity index (χ3n) is 4.58. The summed E-state index contributed by atoms with van der Waals surface area (Å²) in [6.45, 7) is -0.711. The number of nitrogens with zero attached hydrogens (tertiary/aromatic N) is 3. The highest BCUT2D eigenvalue weighted by Crippen LogP contribution is 2.25. The summed E-state index contributed by atoms with van der Waals surface area (Å²) < 4.78 is 16.0. The molecule has 4 rings (SSSR count). The number of carbonyl (C=O) groups is 1. The van der Waals surface area contributed by atoms with E-state index < -0.39 is 23.9 Å². The molecule has 4 aromatic rings. The molecule has 0 unspecified atom stereocenters. The molecule has 152 valence electrons. The fourth-order valence-electron chi connectivity index (χ4n) is 3.19. The van der Waals surface area contributed by atoms with E-state index in [1.54, 1.807) is 0 Å². The maximum absolute atomic E-state index is 13.4. The zero-order valence-corrected chi connectivity index (χ0v) is 16.3. The summed E-state index contributed by atoms with van der Waals surface area (Å²) in [6, 6.07) is 12.8. The molecule has 30 heavy (non-hydrogen) atoms. The number of benzene rings is 2. The van der Waals surface area contributed by atoms with Gasteiger partial charge in [-0.1, -0.05) is 41.9 Å². The molecule has 0 spiro atoms. The van der Waals surface area contributed by atoms with Crippen molar-refractivity contribution in [3.8, 4) is 11.3 Å². The van der Waals surface area contributed by atoms with Gasteiger partial charge >= 0.3 is 0 Å². The van der Waals surface area contributed by atoms with Gasteiger partial charge in [0.1, 0.15) is 17.9 Å². The Labute approximate surface area is 175 Å². The van der Waals surface area contributed by atoms with Crippen LogP contribution in [0, 0.1) is 5.82 Å². The minimum absolute atomic E-state index is 0.113. The van der Waals surface area contributed by atoms with E-state index in [4.69, 9.17) is 11.6 Å². The van der Waals surface area contributed by atoms with Gasteiger partial charge < -0.3 is 15.0 Å². The summed E-state index contributed by atoms with van der Waals surface area (Å²) in [4.78, 5) is 25.4. The van der Waals surface area contributed by atoms with Crippen molar-refractivity contribution in [3.63, 3.8) is 0 Å². The lowest BCUT2D eigenvalue weighted by Gasteiger charge is -2.09. The molecule has 0 bridgehead atoms. The Hall–Kier alpha value is -3.49. The second kappa shape index (κ2) is 8.10. The average molecular weight is 427 g/mol. The highest BCUT2D eigenvalue weighted by Gasteiger charge is 2.18. The second-order valence-electron chi connectivity index (χ2n) is 6.55. The highest BCUT2D eigenvalue weighted by molar-refractivity contribution is 6.33. The number of halogens is 2. The molecule has 2 heterocycles. The first-order chi connectivity index (χ1) is 14.5. The van der Waals surface area contributed by atoms with Gasteiger partial charge in [-0.15, -0.1) is 0 Å². The Kier molecular flexibility index (Phi) is 5.35. The van der Waals surface area contributed by atoms with Gasteiger partial charge in [0.05, 0.1) is 23.0 Å². The molecular formula is C21H16ClFN4O3. The summed E-state index contributed by atoms with van der Waals surface area (Å²) in [5.41, 5.74) is 1.42. The first kappa shape index (κ1) is 19.8. The lowest BCUT2D eigenvalue weighted by molar-refractivity contribution is -0.116. The Bertz CT molecular complexity index is 1300. The van der Waals surface area contributed by atoms with Gasteiger partial charge in [0, 0.05) is 23.5 Å². The number of nitrogens with one attached hydrogen (secondary N) is 1. The van der Waals surface area contributed by atoms with E-state index in [0.717, 1.165) is 11.6 Å². The Morgan fingerprint density at radius 1 is 1.17 bits per heavy atom. The van der Waals surface area contributed by atoms with Gasteiger partial charge in [-0.25, -0.2) is 8.91 Å². The van der Waals surface area contributed by atoms with Crippen molar-refractivity contribution in [3.05, 3.63) is 87.7 Å². The number of aliphatic hydroxyl groups excluding tert-OH is 1. The van der Waals surface area contributed by atoms with Gasteiger partial charge in [-0.3, -0.25) is 9.59 Å². The van der Waals surface area contributed by atoms with Crippen LogP contribution in [0.25, 0.3) is 16.8 Å². The van der Waals surface area contributed by atoms with Crippen LogP contribution in [0.4, 0.5) is 10.1 Å². The van der Waals surface area contributed by atoms with E-state index in [1.165, 1.54) is 33.6 Å². The molecule has 0 saturated carbocycles. The van der Waals surface area contributed by atoms with Crippen LogP contribution >= 0.6 is 11.6 Å². The highest BCUT2D eigenvalue weighted by atomic mass is 35.5. The maximum atomic E-state index is 13.4. The van der Waals surface area contributed by atoms with Crippen LogP contribution in [0.3, 0.4) is 0 Å². The van der Waals surface area contributed by atoms with Crippen LogP contribution < -0.4 is 10.9 Å². The van der Waals surface area contributed by atoms with Gasteiger partial charge in [0.25, 0.3) is 5.56 Å². The van der Waals surface area contributed by atoms with Gasteiger partial charge in [-0.05, 0) is 18.2 Å². The summed E-state index contributed by atoms with van der Waals surface area (Å²) in [5, 5.41) is 17.0. The topological polar surface area (TPSA) is 88.6 Å². The number of amides is 1. The molecule has 0 atom stereocenters. The van der Waals surface area contributed by atoms with Gasteiger partial charge in [-0.2, -0.15) is 5.10 Å². The van der Waals surface area contributed by atoms with Gasteiger partial charge in [0.2, 0.25) is 5.91 Å². The quantitative estimate of drug-likeness (QED) is 0.513. The molecule has 0 saturated heterocycles. The van der Waals surface area contributed by atoms with E-state index in [1.807, 2.05) is 30.3 Å². The molecule has 9 heteroatoms. The number of aromatic nitrogens is 3. The molecule has 7 nitrogen and oxygen atoms in total. The fraction of sp³-hybridized carbons (Fsp3) is 0.0952. The zero-order chi connectivity index (χ0) is 21.3. The van der Waals surface area contributed by atoms with Crippen molar-refractivity contribution in [1.82, 2.24) is 14.2 Å². The smallest absolute Gasteiger partial charge is 0.277 e. The molecule has 0 fully saturated rings. The molecule has 0 aliphatic heterocycles. The number of anilines is 1. The van der Waals surface area contributed by atoms with Crippen molar-refractivity contribution in [2.75, 3.05) is 5.32 Å². The van der Waals surface area contributed by atoms with E-state index in [0.29, 0.717) is 11.3 Å². The third-order valence-corrected chi connectivity index (χ3v) is 4.91. The minimum Gasteiger partial charge on any atom is -0.392 e. The molecule has 0 aliphatic carbocycles. The Balaban J connectivity index is 1.69. The normalized spacial score (nSPS) is 11.0. The van der Waals surface area contributed by atoms with Crippen LogP contribution in [-0.2, 0) is 17.9 Å². The van der Waals surface area contributed by atoms with E-state index in [-0.39, 0.29) is 22.8 Å². The first-order valence-corrected chi connectivity index (χ1v) is 9.37. The first-order valence-electron chi connectivity index (χ1n) is 9.00. The zero-order valence-electron chi connectivity index (χ0n) is 15.5. The predicted octanol–water partition coefficient (Wildman–Crippen LogP) is 3.09. The summed E-state index contributed by atoms with van der Waals surface area (Å²) >= 11 is 5.96. The SMILES string of the molecule is O=C(Cn1ccn2nc(-c3ccccc3)c(CO)c2c1=O)Nc1cc(F)ccc1Cl. The minimum atomic E-state index is -0.553. The van der Waals surface area contributed by atoms with Crippen LogP contribution in [0.5, 0.6) is 0 Å². The lowest BCUT2D eigenvalue weighted by atomic mass is 10.1. The van der Waals surface area contributed by atoms with Crippen LogP contribution in [-0.4, -0.2) is 25.2 Å². The lowest BCUT2D eigenvalue weighted by Crippen LogP contribution is -2.28. The largest absolute Gasteiger partial charge is 0.392 e. The number of hydrogen-bond acceptors (Lipinski definition) is 4. The third kappa shape index (κ3) is 3.70. The molecule has 2 aromatic carbocycles. The van der Waals surface area contributed by atoms with Crippen LogP contribution in [0.15, 0.2) is 65.7 Å². The standard InChI is InChI=1S/C21H16ClFN4O3/c22-16-7-6-14(23)10-17(16)24-18(29)11-26-8-9-27-20(21(26)30)15(12-28)19(25-27)13-4-2-1-3-5-13/h1-10,28H,11-12H2,(H,24,29). The van der Waals surface area contributed by atoms with Crippen molar-refractivity contribution in [2.24, 2.45) is 0 Å². The van der Waals surface area contributed by atoms with Crippen LogP contribution in [0.1, 0.15) is 5.56 Å².